The minimum absolute atomic E-state index is 0.0628. The van der Waals surface area contributed by atoms with Gasteiger partial charge in [0, 0.05) is 0 Å². The molecule has 2 aromatic carbocycles. The van der Waals surface area contributed by atoms with Gasteiger partial charge in [-0.1, -0.05) is 40.2 Å². The highest BCUT2D eigenvalue weighted by atomic mass is 79.9. The molecule has 1 aliphatic rings. The van der Waals surface area contributed by atoms with Crippen LogP contribution in [0.1, 0.15) is 39.1 Å². The highest BCUT2D eigenvalue weighted by molar-refractivity contribution is 9.09. The average Bonchev–Trinajstić information content (AvgIpc) is 2.83. The molecule has 0 saturated carbocycles. The summed E-state index contributed by atoms with van der Waals surface area (Å²) in [7, 11) is 0. The van der Waals surface area contributed by atoms with Gasteiger partial charge >= 0.3 is 0 Å². The third-order valence-corrected chi connectivity index (χ3v) is 4.83. The van der Waals surface area contributed by atoms with E-state index in [1.165, 1.54) is 36.0 Å². The normalized spacial score (nSPS) is 15.3. The molecule has 0 spiro atoms. The first-order valence-electron chi connectivity index (χ1n) is 6.66. The number of fused-ring (bicyclic) bond motifs is 1. The second kappa shape index (κ2) is 5.09. The Hall–Kier alpha value is -1.15. The fourth-order valence-corrected chi connectivity index (χ4v) is 3.40. The Balaban J connectivity index is 1.97. The summed E-state index contributed by atoms with van der Waals surface area (Å²) < 4.78 is 13.5. The Morgan fingerprint density at radius 1 is 1.00 bits per heavy atom. The quantitative estimate of drug-likeness (QED) is 0.675. The number of halogens is 2. The molecule has 1 unspecified atom stereocenters. The standard InChI is InChI=1S/C17H16BrF/c1-11-7-15(10-16(19)8-11)17(18)14-6-5-12-3-2-4-13(12)9-14/h5-10,17H,2-4H2,1H3. The largest absolute Gasteiger partial charge is 0.207 e. The van der Waals surface area contributed by atoms with Crippen molar-refractivity contribution in [2.45, 2.75) is 31.0 Å². The van der Waals surface area contributed by atoms with E-state index in [2.05, 4.69) is 34.1 Å². The minimum atomic E-state index is -0.166. The summed E-state index contributed by atoms with van der Waals surface area (Å²) in [5.41, 5.74) is 6.08. The molecule has 0 fully saturated rings. The van der Waals surface area contributed by atoms with E-state index >= 15 is 0 Å². The van der Waals surface area contributed by atoms with Crippen LogP contribution >= 0.6 is 15.9 Å². The van der Waals surface area contributed by atoms with Gasteiger partial charge in [-0.15, -0.1) is 0 Å². The van der Waals surface area contributed by atoms with Crippen LogP contribution in [0.4, 0.5) is 4.39 Å². The molecule has 0 heterocycles. The van der Waals surface area contributed by atoms with E-state index in [1.807, 2.05) is 13.0 Å². The van der Waals surface area contributed by atoms with E-state index in [4.69, 9.17) is 0 Å². The summed E-state index contributed by atoms with van der Waals surface area (Å²) in [5, 5.41) is 0. The summed E-state index contributed by atoms with van der Waals surface area (Å²) in [6.45, 7) is 1.93. The summed E-state index contributed by atoms with van der Waals surface area (Å²) in [6, 6.07) is 11.9. The van der Waals surface area contributed by atoms with Crippen molar-refractivity contribution in [1.29, 1.82) is 0 Å². The third-order valence-electron chi connectivity index (χ3n) is 3.77. The van der Waals surface area contributed by atoms with Crippen LogP contribution in [0.5, 0.6) is 0 Å². The van der Waals surface area contributed by atoms with Gasteiger partial charge in [0.25, 0.3) is 0 Å². The number of benzene rings is 2. The zero-order chi connectivity index (χ0) is 13.4. The molecule has 2 aromatic rings. The number of hydrogen-bond donors (Lipinski definition) is 0. The van der Waals surface area contributed by atoms with Crippen LogP contribution in [-0.2, 0) is 12.8 Å². The number of aryl methyl sites for hydroxylation is 3. The summed E-state index contributed by atoms with van der Waals surface area (Å²) >= 11 is 3.70. The van der Waals surface area contributed by atoms with Crippen LogP contribution in [0.2, 0.25) is 0 Å². The Bertz CT molecular complexity index is 598. The first-order valence-corrected chi connectivity index (χ1v) is 7.58. The smallest absolute Gasteiger partial charge is 0.123 e. The Morgan fingerprint density at radius 3 is 2.58 bits per heavy atom. The maximum atomic E-state index is 13.5. The predicted octanol–water partition coefficient (Wildman–Crippen LogP) is 5.11. The molecule has 98 valence electrons. The van der Waals surface area contributed by atoms with Crippen molar-refractivity contribution in [2.24, 2.45) is 0 Å². The van der Waals surface area contributed by atoms with E-state index < -0.39 is 0 Å². The van der Waals surface area contributed by atoms with Crippen LogP contribution in [0.15, 0.2) is 36.4 Å². The Labute approximate surface area is 121 Å². The molecule has 3 rings (SSSR count). The fraction of sp³-hybridized carbons (Fsp3) is 0.294. The van der Waals surface area contributed by atoms with E-state index in [9.17, 15) is 4.39 Å². The van der Waals surface area contributed by atoms with Gasteiger partial charge in [-0.3, -0.25) is 0 Å². The van der Waals surface area contributed by atoms with Gasteiger partial charge in [0.05, 0.1) is 4.83 Å². The molecule has 0 saturated heterocycles. The average molecular weight is 319 g/mol. The van der Waals surface area contributed by atoms with Crippen molar-refractivity contribution in [1.82, 2.24) is 0 Å². The monoisotopic (exact) mass is 318 g/mol. The predicted molar refractivity (Wildman–Crippen MR) is 80.4 cm³/mol. The van der Waals surface area contributed by atoms with Crippen molar-refractivity contribution in [3.63, 3.8) is 0 Å². The molecule has 1 aliphatic carbocycles. The topological polar surface area (TPSA) is 0 Å². The summed E-state index contributed by atoms with van der Waals surface area (Å²) in [6.07, 6.45) is 3.62. The number of alkyl halides is 1. The second-order valence-electron chi connectivity index (χ2n) is 5.31. The molecule has 0 radical (unpaired) electrons. The van der Waals surface area contributed by atoms with Crippen molar-refractivity contribution >= 4 is 15.9 Å². The van der Waals surface area contributed by atoms with Crippen molar-refractivity contribution in [2.75, 3.05) is 0 Å². The van der Waals surface area contributed by atoms with Gasteiger partial charge in [0.15, 0.2) is 0 Å². The number of hydrogen-bond acceptors (Lipinski definition) is 0. The highest BCUT2D eigenvalue weighted by Crippen LogP contribution is 2.34. The van der Waals surface area contributed by atoms with Gasteiger partial charge in [0.2, 0.25) is 0 Å². The second-order valence-corrected chi connectivity index (χ2v) is 6.22. The molecule has 1 atom stereocenters. The maximum absolute atomic E-state index is 13.5. The van der Waals surface area contributed by atoms with E-state index in [0.29, 0.717) is 0 Å². The molecule has 0 N–H and O–H groups in total. The van der Waals surface area contributed by atoms with Crippen molar-refractivity contribution in [3.8, 4) is 0 Å². The highest BCUT2D eigenvalue weighted by Gasteiger charge is 2.16. The lowest BCUT2D eigenvalue weighted by atomic mass is 9.99. The molecule has 0 nitrogen and oxygen atoms in total. The van der Waals surface area contributed by atoms with E-state index in [1.54, 1.807) is 12.1 Å². The molecular formula is C17H16BrF. The van der Waals surface area contributed by atoms with Crippen LogP contribution < -0.4 is 0 Å². The van der Waals surface area contributed by atoms with Crippen LogP contribution in [-0.4, -0.2) is 0 Å². The SMILES string of the molecule is Cc1cc(F)cc(C(Br)c2ccc3c(c2)CCC3)c1. The molecule has 0 aromatic heterocycles. The van der Waals surface area contributed by atoms with Gasteiger partial charge in [-0.2, -0.15) is 0 Å². The van der Waals surface area contributed by atoms with Gasteiger partial charge in [-0.05, 0) is 66.1 Å². The van der Waals surface area contributed by atoms with Crippen LogP contribution in [0.25, 0.3) is 0 Å². The first-order chi connectivity index (χ1) is 9.13. The minimum Gasteiger partial charge on any atom is -0.207 e. The molecular weight excluding hydrogens is 303 g/mol. The first kappa shape index (κ1) is 12.9. The van der Waals surface area contributed by atoms with Gasteiger partial charge in [0.1, 0.15) is 5.82 Å². The lowest BCUT2D eigenvalue weighted by Gasteiger charge is -2.13. The molecule has 0 amide bonds. The lowest BCUT2D eigenvalue weighted by molar-refractivity contribution is 0.624. The molecule has 19 heavy (non-hydrogen) atoms. The Kier molecular flexibility index (Phi) is 3.44. The van der Waals surface area contributed by atoms with Gasteiger partial charge < -0.3 is 0 Å². The fourth-order valence-electron chi connectivity index (χ4n) is 2.85. The Morgan fingerprint density at radius 2 is 1.79 bits per heavy atom. The summed E-state index contributed by atoms with van der Waals surface area (Å²) in [4.78, 5) is 0.0628. The van der Waals surface area contributed by atoms with Crippen molar-refractivity contribution in [3.05, 3.63) is 70.0 Å². The zero-order valence-corrected chi connectivity index (χ0v) is 12.5. The van der Waals surface area contributed by atoms with Gasteiger partial charge in [-0.25, -0.2) is 4.39 Å². The van der Waals surface area contributed by atoms with Crippen LogP contribution in [0.3, 0.4) is 0 Å². The zero-order valence-electron chi connectivity index (χ0n) is 10.9. The molecule has 0 aliphatic heterocycles. The maximum Gasteiger partial charge on any atom is 0.123 e. The van der Waals surface area contributed by atoms with Crippen LogP contribution in [0, 0.1) is 12.7 Å². The summed E-state index contributed by atoms with van der Waals surface area (Å²) in [5.74, 6) is -0.166. The molecule has 0 bridgehead atoms. The van der Waals surface area contributed by atoms with E-state index in [0.717, 1.165) is 11.1 Å². The number of rotatable bonds is 2. The molecule has 2 heteroatoms. The van der Waals surface area contributed by atoms with E-state index in [-0.39, 0.29) is 10.6 Å². The van der Waals surface area contributed by atoms with Crippen molar-refractivity contribution < 1.29 is 4.39 Å². The third kappa shape index (κ3) is 2.59. The lowest BCUT2D eigenvalue weighted by Crippen LogP contribution is -1.96.